The summed E-state index contributed by atoms with van der Waals surface area (Å²) in [5.74, 6) is 0.883. The van der Waals surface area contributed by atoms with E-state index in [-0.39, 0.29) is 5.84 Å². The Bertz CT molecular complexity index is 514. The van der Waals surface area contributed by atoms with Crippen molar-refractivity contribution in [3.8, 4) is 5.75 Å². The molecule has 1 atom stereocenters. The van der Waals surface area contributed by atoms with Gasteiger partial charge in [0, 0.05) is 24.2 Å². The highest BCUT2D eigenvalue weighted by atomic mass is 16.5. The Morgan fingerprint density at radius 1 is 1.43 bits per heavy atom. The van der Waals surface area contributed by atoms with Crippen LogP contribution in [0.3, 0.4) is 0 Å². The van der Waals surface area contributed by atoms with Crippen molar-refractivity contribution in [2.75, 3.05) is 20.2 Å². The number of hydrogen-bond donors (Lipinski definition) is 3. The van der Waals surface area contributed by atoms with Crippen molar-refractivity contribution in [3.05, 3.63) is 29.3 Å². The molecule has 0 aromatic heterocycles. The zero-order chi connectivity index (χ0) is 15.5. The molecule has 1 heterocycles. The number of aliphatic hydroxyl groups is 1. The van der Waals surface area contributed by atoms with Crippen molar-refractivity contribution in [1.82, 2.24) is 4.90 Å². The average molecular weight is 291 g/mol. The van der Waals surface area contributed by atoms with E-state index >= 15 is 0 Å². The maximum Gasteiger partial charge on any atom is 0.123 e. The largest absolute Gasteiger partial charge is 0.496 e. The van der Waals surface area contributed by atoms with Gasteiger partial charge in [-0.05, 0) is 50.9 Å². The molecule has 5 heteroatoms. The quantitative estimate of drug-likeness (QED) is 0.582. The fourth-order valence-electron chi connectivity index (χ4n) is 2.79. The highest BCUT2D eigenvalue weighted by Gasteiger charge is 2.25. The summed E-state index contributed by atoms with van der Waals surface area (Å²) in [7, 11) is 1.65. The molecule has 2 rings (SSSR count). The smallest absolute Gasteiger partial charge is 0.123 e. The monoisotopic (exact) mass is 291 g/mol. The maximum absolute atomic E-state index is 10.2. The lowest BCUT2D eigenvalue weighted by Crippen LogP contribution is -2.28. The Morgan fingerprint density at radius 3 is 2.86 bits per heavy atom. The number of amidine groups is 1. The second-order valence-corrected chi connectivity index (χ2v) is 6.07. The third-order valence-corrected chi connectivity index (χ3v) is 4.14. The Hall–Kier alpha value is -1.59. The van der Waals surface area contributed by atoms with E-state index in [1.807, 2.05) is 19.1 Å². The molecular weight excluding hydrogens is 266 g/mol. The van der Waals surface area contributed by atoms with Gasteiger partial charge in [-0.2, -0.15) is 0 Å². The first-order valence-corrected chi connectivity index (χ1v) is 7.37. The van der Waals surface area contributed by atoms with Crippen LogP contribution in [0.25, 0.3) is 0 Å². The molecule has 21 heavy (non-hydrogen) atoms. The highest BCUT2D eigenvalue weighted by molar-refractivity contribution is 5.95. The molecule has 116 valence electrons. The minimum atomic E-state index is -0.555. The number of methoxy groups -OCH3 is 1. The zero-order valence-electron chi connectivity index (χ0n) is 12.9. The first-order valence-electron chi connectivity index (χ1n) is 7.37. The first kappa shape index (κ1) is 15.8. The molecule has 4 N–H and O–H groups in total. The Labute approximate surface area is 126 Å². The fourth-order valence-corrected chi connectivity index (χ4v) is 2.79. The molecule has 5 nitrogen and oxygen atoms in total. The predicted molar refractivity (Wildman–Crippen MR) is 83.8 cm³/mol. The van der Waals surface area contributed by atoms with E-state index in [9.17, 15) is 5.11 Å². The van der Waals surface area contributed by atoms with Gasteiger partial charge in [0.25, 0.3) is 0 Å². The van der Waals surface area contributed by atoms with Gasteiger partial charge >= 0.3 is 0 Å². The van der Waals surface area contributed by atoms with Crippen molar-refractivity contribution in [3.63, 3.8) is 0 Å². The van der Waals surface area contributed by atoms with Crippen molar-refractivity contribution < 1.29 is 9.84 Å². The molecule has 0 saturated carbocycles. The number of benzene rings is 1. The van der Waals surface area contributed by atoms with Crippen LogP contribution in [0.1, 0.15) is 37.3 Å². The second-order valence-electron chi connectivity index (χ2n) is 6.07. The summed E-state index contributed by atoms with van der Waals surface area (Å²) in [4.78, 5) is 2.32. The van der Waals surface area contributed by atoms with Crippen molar-refractivity contribution in [2.45, 2.75) is 38.3 Å². The minimum absolute atomic E-state index is 0.0673. The Balaban J connectivity index is 2.14. The molecule has 0 amide bonds. The number of nitrogens with zero attached hydrogens (tertiary/aromatic N) is 1. The lowest BCUT2D eigenvalue weighted by molar-refractivity contribution is 0.0444. The summed E-state index contributed by atoms with van der Waals surface area (Å²) in [6, 6.07) is 5.59. The van der Waals surface area contributed by atoms with E-state index in [1.54, 1.807) is 13.2 Å². The van der Waals surface area contributed by atoms with Crippen LogP contribution >= 0.6 is 0 Å². The van der Waals surface area contributed by atoms with Gasteiger partial charge in [-0.25, -0.2) is 0 Å². The summed E-state index contributed by atoms with van der Waals surface area (Å²) >= 11 is 0. The van der Waals surface area contributed by atoms with Crippen LogP contribution in [-0.4, -0.2) is 41.6 Å². The normalized spacial score (nSPS) is 23.6. The van der Waals surface area contributed by atoms with E-state index in [4.69, 9.17) is 15.9 Å². The molecule has 0 spiro atoms. The van der Waals surface area contributed by atoms with Gasteiger partial charge in [-0.1, -0.05) is 0 Å². The van der Waals surface area contributed by atoms with Gasteiger partial charge in [0.15, 0.2) is 0 Å². The van der Waals surface area contributed by atoms with E-state index in [0.29, 0.717) is 5.56 Å². The molecular formula is C16H25N3O2. The molecule has 1 aromatic carbocycles. The third-order valence-electron chi connectivity index (χ3n) is 4.14. The molecule has 0 bridgehead atoms. The number of nitrogens with two attached hydrogens (primary N) is 1. The van der Waals surface area contributed by atoms with Crippen LogP contribution < -0.4 is 10.5 Å². The van der Waals surface area contributed by atoms with E-state index < -0.39 is 5.60 Å². The first-order chi connectivity index (χ1) is 9.91. The van der Waals surface area contributed by atoms with E-state index in [2.05, 4.69) is 4.90 Å². The second kappa shape index (κ2) is 6.45. The number of ether oxygens (including phenoxy) is 1. The van der Waals surface area contributed by atoms with Gasteiger partial charge in [0.2, 0.25) is 0 Å². The van der Waals surface area contributed by atoms with Crippen LogP contribution in [0.4, 0.5) is 0 Å². The van der Waals surface area contributed by atoms with Crippen LogP contribution in [0.2, 0.25) is 0 Å². The number of nitrogen functional groups attached to an aromatic ring is 1. The minimum Gasteiger partial charge on any atom is -0.496 e. The van der Waals surface area contributed by atoms with E-state index in [0.717, 1.165) is 50.2 Å². The average Bonchev–Trinajstić information content (AvgIpc) is 2.60. The maximum atomic E-state index is 10.2. The number of likely N-dealkylation sites (tertiary alicyclic amines) is 1. The van der Waals surface area contributed by atoms with Gasteiger partial charge < -0.3 is 15.6 Å². The van der Waals surface area contributed by atoms with Gasteiger partial charge in [-0.15, -0.1) is 0 Å². The lowest BCUT2D eigenvalue weighted by atomic mass is 9.98. The van der Waals surface area contributed by atoms with Crippen LogP contribution in [0.5, 0.6) is 5.75 Å². The summed E-state index contributed by atoms with van der Waals surface area (Å²) in [5, 5.41) is 17.7. The van der Waals surface area contributed by atoms with Gasteiger partial charge in [0.1, 0.15) is 11.6 Å². The summed E-state index contributed by atoms with van der Waals surface area (Å²) < 4.78 is 5.41. The molecule has 1 aliphatic heterocycles. The van der Waals surface area contributed by atoms with Crippen LogP contribution in [0, 0.1) is 5.41 Å². The summed E-state index contributed by atoms with van der Waals surface area (Å²) in [6.45, 7) is 4.48. The standard InChI is InChI=1S/C16H25N3O2/c1-16(20)6-3-8-19(9-7-16)11-13-10-12(15(17)18)4-5-14(13)21-2/h4-5,10,20H,3,6-9,11H2,1-2H3,(H3,17,18). The van der Waals surface area contributed by atoms with Crippen LogP contribution in [-0.2, 0) is 6.54 Å². The van der Waals surface area contributed by atoms with Crippen LogP contribution in [0.15, 0.2) is 18.2 Å². The summed E-state index contributed by atoms with van der Waals surface area (Å²) in [6.07, 6.45) is 2.61. The molecule has 1 aromatic rings. The number of hydrogen-bond acceptors (Lipinski definition) is 4. The molecule has 0 radical (unpaired) electrons. The van der Waals surface area contributed by atoms with Gasteiger partial charge in [0.05, 0.1) is 12.7 Å². The summed E-state index contributed by atoms with van der Waals surface area (Å²) in [5.41, 5.74) is 6.76. The third kappa shape index (κ3) is 4.19. The SMILES string of the molecule is COc1ccc(C(=N)N)cc1CN1CCCC(C)(O)CC1. The predicted octanol–water partition coefficient (Wildman–Crippen LogP) is 1.72. The van der Waals surface area contributed by atoms with Gasteiger partial charge in [-0.3, -0.25) is 10.3 Å². The molecule has 1 saturated heterocycles. The zero-order valence-corrected chi connectivity index (χ0v) is 12.9. The number of rotatable bonds is 4. The Morgan fingerprint density at radius 2 is 2.19 bits per heavy atom. The fraction of sp³-hybridized carbons (Fsp3) is 0.562. The number of nitrogens with one attached hydrogen (secondary N) is 1. The molecule has 0 aliphatic carbocycles. The highest BCUT2D eigenvalue weighted by Crippen LogP contribution is 2.25. The molecule has 1 aliphatic rings. The van der Waals surface area contributed by atoms with E-state index in [1.165, 1.54) is 0 Å². The van der Waals surface area contributed by atoms with Crippen molar-refractivity contribution >= 4 is 5.84 Å². The Kier molecular flexibility index (Phi) is 4.85. The molecule has 1 fully saturated rings. The van der Waals surface area contributed by atoms with Crippen molar-refractivity contribution in [2.24, 2.45) is 5.73 Å². The lowest BCUT2D eigenvalue weighted by Gasteiger charge is -2.23. The topological polar surface area (TPSA) is 82.6 Å². The molecule has 1 unspecified atom stereocenters. The van der Waals surface area contributed by atoms with Crippen molar-refractivity contribution in [1.29, 1.82) is 5.41 Å².